The molecule has 0 aromatic heterocycles. The van der Waals surface area contributed by atoms with Gasteiger partial charge in [-0.2, -0.15) is 0 Å². The molecule has 21 heavy (non-hydrogen) atoms. The molecule has 1 aromatic carbocycles. The van der Waals surface area contributed by atoms with Crippen LogP contribution in [-0.4, -0.2) is 36.0 Å². The zero-order chi connectivity index (χ0) is 14.8. The third kappa shape index (κ3) is 3.16. The van der Waals surface area contributed by atoms with Gasteiger partial charge in [0.1, 0.15) is 0 Å². The van der Waals surface area contributed by atoms with E-state index in [1.165, 1.54) is 24.8 Å². The quantitative estimate of drug-likeness (QED) is 0.885. The molecule has 0 bridgehead atoms. The van der Waals surface area contributed by atoms with Crippen LogP contribution in [-0.2, 0) is 0 Å². The minimum atomic E-state index is 0.181. The van der Waals surface area contributed by atoms with Crippen molar-refractivity contribution in [3.8, 4) is 0 Å². The predicted molar refractivity (Wildman–Crippen MR) is 88.6 cm³/mol. The molecule has 0 saturated carbocycles. The number of rotatable bonds is 2. The Bertz CT molecular complexity index is 526. The van der Waals surface area contributed by atoms with Gasteiger partial charge in [0.15, 0.2) is 0 Å². The van der Waals surface area contributed by atoms with E-state index < -0.39 is 0 Å². The fraction of sp³-hybridized carbons (Fsp3) is 0.588. The second-order valence-corrected chi connectivity index (χ2v) is 7.10. The van der Waals surface area contributed by atoms with Gasteiger partial charge < -0.3 is 10.2 Å². The van der Waals surface area contributed by atoms with Gasteiger partial charge in [0.2, 0.25) is 0 Å². The average molecular weight is 351 g/mol. The maximum atomic E-state index is 13.0. The zero-order valence-electron chi connectivity index (χ0n) is 12.6. The number of carbonyl (C=O) groups is 1. The van der Waals surface area contributed by atoms with Crippen LogP contribution in [0.15, 0.2) is 22.7 Å². The Labute approximate surface area is 135 Å². The maximum absolute atomic E-state index is 13.0. The topological polar surface area (TPSA) is 32.3 Å². The van der Waals surface area contributed by atoms with Crippen molar-refractivity contribution in [1.29, 1.82) is 0 Å². The highest BCUT2D eigenvalue weighted by Crippen LogP contribution is 2.28. The van der Waals surface area contributed by atoms with Crippen LogP contribution in [0.1, 0.15) is 48.0 Å². The number of likely N-dealkylation sites (tertiary alicyclic amines) is 1. The molecule has 4 heteroatoms. The lowest BCUT2D eigenvalue weighted by molar-refractivity contribution is 0.0562. The summed E-state index contributed by atoms with van der Waals surface area (Å²) in [5, 5.41) is 3.58. The van der Waals surface area contributed by atoms with E-state index in [-0.39, 0.29) is 5.91 Å². The summed E-state index contributed by atoms with van der Waals surface area (Å²) in [5.41, 5.74) is 1.97. The van der Waals surface area contributed by atoms with Crippen LogP contribution in [0.25, 0.3) is 0 Å². The number of hydrogen-bond acceptors (Lipinski definition) is 2. The minimum Gasteiger partial charge on any atom is -0.334 e. The number of halogens is 1. The zero-order valence-corrected chi connectivity index (χ0v) is 14.2. The van der Waals surface area contributed by atoms with Crippen LogP contribution in [0, 0.1) is 6.92 Å². The molecule has 0 spiro atoms. The Morgan fingerprint density at radius 3 is 2.86 bits per heavy atom. The summed E-state index contributed by atoms with van der Waals surface area (Å²) in [6.45, 7) is 4.03. The average Bonchev–Trinajstić information content (AvgIpc) is 3.01. The molecular weight excluding hydrogens is 328 g/mol. The molecule has 2 aliphatic rings. The molecule has 2 saturated heterocycles. The van der Waals surface area contributed by atoms with Crippen LogP contribution in [0.2, 0.25) is 0 Å². The molecule has 2 heterocycles. The smallest absolute Gasteiger partial charge is 0.255 e. The second-order valence-electron chi connectivity index (χ2n) is 6.25. The number of piperidine rings is 1. The lowest BCUT2D eigenvalue weighted by Crippen LogP contribution is -2.52. The van der Waals surface area contributed by atoms with Crippen LogP contribution in [0.3, 0.4) is 0 Å². The summed E-state index contributed by atoms with van der Waals surface area (Å²) >= 11 is 3.55. The number of nitrogens with zero attached hydrogens (tertiary/aromatic N) is 1. The van der Waals surface area contributed by atoms with Crippen molar-refractivity contribution in [2.24, 2.45) is 0 Å². The predicted octanol–water partition coefficient (Wildman–Crippen LogP) is 3.50. The molecule has 1 aromatic rings. The lowest BCUT2D eigenvalue weighted by atomic mass is 9.93. The Kier molecular flexibility index (Phi) is 4.65. The van der Waals surface area contributed by atoms with Crippen molar-refractivity contribution in [1.82, 2.24) is 10.2 Å². The van der Waals surface area contributed by atoms with Gasteiger partial charge >= 0.3 is 0 Å². The van der Waals surface area contributed by atoms with Crippen molar-refractivity contribution in [3.05, 3.63) is 33.8 Å². The molecule has 3 nitrogen and oxygen atoms in total. The molecule has 3 rings (SSSR count). The third-order valence-corrected chi connectivity index (χ3v) is 5.38. The van der Waals surface area contributed by atoms with E-state index in [1.807, 2.05) is 25.1 Å². The van der Waals surface area contributed by atoms with Crippen molar-refractivity contribution in [3.63, 3.8) is 0 Å². The molecule has 0 aliphatic carbocycles. The first-order chi connectivity index (χ1) is 10.2. The summed E-state index contributed by atoms with van der Waals surface area (Å²) in [4.78, 5) is 15.1. The first-order valence-corrected chi connectivity index (χ1v) is 8.76. The van der Waals surface area contributed by atoms with Crippen LogP contribution in [0.5, 0.6) is 0 Å². The van der Waals surface area contributed by atoms with Crippen LogP contribution < -0.4 is 5.32 Å². The monoisotopic (exact) mass is 350 g/mol. The minimum absolute atomic E-state index is 0.181. The number of carbonyl (C=O) groups excluding carboxylic acids is 1. The Morgan fingerprint density at radius 1 is 1.29 bits per heavy atom. The summed E-state index contributed by atoms with van der Waals surface area (Å²) in [7, 11) is 0. The fourth-order valence-electron chi connectivity index (χ4n) is 3.62. The van der Waals surface area contributed by atoms with Crippen molar-refractivity contribution >= 4 is 21.8 Å². The van der Waals surface area contributed by atoms with Crippen LogP contribution >= 0.6 is 15.9 Å². The molecule has 1 N–H and O–H groups in total. The number of amides is 1. The first kappa shape index (κ1) is 15.0. The van der Waals surface area contributed by atoms with E-state index in [0.29, 0.717) is 12.1 Å². The molecule has 1 amide bonds. The summed E-state index contributed by atoms with van der Waals surface area (Å²) in [6.07, 6.45) is 5.92. The van der Waals surface area contributed by atoms with E-state index in [2.05, 4.69) is 26.1 Å². The van der Waals surface area contributed by atoms with Gasteiger partial charge in [-0.15, -0.1) is 0 Å². The normalized spacial score (nSPS) is 26.1. The Balaban J connectivity index is 1.83. The van der Waals surface area contributed by atoms with E-state index in [1.54, 1.807) is 0 Å². The molecule has 2 fully saturated rings. The SMILES string of the molecule is Cc1ccc(C(=O)N2CCCCC2C2CCCN2)c(Br)c1. The number of hydrogen-bond donors (Lipinski definition) is 1. The highest BCUT2D eigenvalue weighted by molar-refractivity contribution is 9.10. The standard InChI is InChI=1S/C17H23BrN2O/c1-12-7-8-13(14(18)11-12)17(21)20-10-3-2-6-16(20)15-5-4-9-19-15/h7-8,11,15-16,19H,2-6,9-10H2,1H3. The summed E-state index contributed by atoms with van der Waals surface area (Å²) < 4.78 is 0.913. The van der Waals surface area contributed by atoms with Gasteiger partial charge in [-0.25, -0.2) is 0 Å². The first-order valence-electron chi connectivity index (χ1n) is 7.97. The van der Waals surface area contributed by atoms with Gasteiger partial charge in [0.25, 0.3) is 5.91 Å². The van der Waals surface area contributed by atoms with Crippen molar-refractivity contribution in [2.45, 2.75) is 51.1 Å². The number of benzene rings is 1. The molecule has 2 unspecified atom stereocenters. The maximum Gasteiger partial charge on any atom is 0.255 e. The Morgan fingerprint density at radius 2 is 2.14 bits per heavy atom. The Hall–Kier alpha value is -0.870. The van der Waals surface area contributed by atoms with E-state index >= 15 is 0 Å². The van der Waals surface area contributed by atoms with Gasteiger partial charge in [-0.1, -0.05) is 6.07 Å². The highest BCUT2D eigenvalue weighted by Gasteiger charge is 2.34. The molecule has 2 atom stereocenters. The fourth-order valence-corrected chi connectivity index (χ4v) is 4.28. The number of aryl methyl sites for hydroxylation is 1. The summed E-state index contributed by atoms with van der Waals surface area (Å²) in [6, 6.07) is 6.85. The van der Waals surface area contributed by atoms with Gasteiger partial charge in [-0.05, 0) is 79.2 Å². The van der Waals surface area contributed by atoms with Gasteiger partial charge in [0.05, 0.1) is 5.56 Å². The van der Waals surface area contributed by atoms with E-state index in [4.69, 9.17) is 0 Å². The van der Waals surface area contributed by atoms with Crippen LogP contribution in [0.4, 0.5) is 0 Å². The van der Waals surface area contributed by atoms with Gasteiger partial charge in [-0.3, -0.25) is 4.79 Å². The van der Waals surface area contributed by atoms with Crippen molar-refractivity contribution < 1.29 is 4.79 Å². The largest absolute Gasteiger partial charge is 0.334 e. The summed E-state index contributed by atoms with van der Waals surface area (Å²) in [5.74, 6) is 0.181. The molecule has 114 valence electrons. The third-order valence-electron chi connectivity index (χ3n) is 4.73. The molecule has 2 aliphatic heterocycles. The molecule has 0 radical (unpaired) electrons. The van der Waals surface area contributed by atoms with Crippen molar-refractivity contribution in [2.75, 3.05) is 13.1 Å². The van der Waals surface area contributed by atoms with E-state index in [9.17, 15) is 4.79 Å². The van der Waals surface area contributed by atoms with Gasteiger partial charge in [0, 0.05) is 23.1 Å². The van der Waals surface area contributed by atoms with E-state index in [0.717, 1.165) is 36.0 Å². The second kappa shape index (κ2) is 6.49. The number of nitrogens with one attached hydrogen (secondary N) is 1. The highest BCUT2D eigenvalue weighted by atomic mass is 79.9. The molecular formula is C17H23BrN2O. The lowest BCUT2D eigenvalue weighted by Gasteiger charge is -2.39.